The van der Waals surface area contributed by atoms with Gasteiger partial charge in [0.15, 0.2) is 12.2 Å². The minimum atomic E-state index is -0.555. The van der Waals surface area contributed by atoms with Crippen LogP contribution in [0.3, 0.4) is 0 Å². The Bertz CT molecular complexity index is 2120. The molecule has 0 spiro atoms. The maximum absolute atomic E-state index is 12.6. The molecule has 0 aromatic carbocycles. The largest absolute Gasteiger partial charge is 0.459 e. The second kappa shape index (κ2) is 28.4. The normalized spacial score (nSPS) is 39.1. The van der Waals surface area contributed by atoms with Crippen LogP contribution in [0.2, 0.25) is 0 Å². The number of esters is 5. The first-order valence-corrected chi connectivity index (χ1v) is 31.0. The van der Waals surface area contributed by atoms with Crippen molar-refractivity contribution in [1.29, 1.82) is 0 Å². The summed E-state index contributed by atoms with van der Waals surface area (Å²) in [6, 6.07) is 0. The van der Waals surface area contributed by atoms with Crippen LogP contribution in [0.1, 0.15) is 298 Å². The zero-order valence-corrected chi connectivity index (χ0v) is 49.7. The first-order valence-electron chi connectivity index (χ1n) is 31.0. The SMILES string of the molecule is C.C.C.C.C.C.C.C.CCC(C)(C)C(=O)OC1(C)C2CC3CC(C2)CC1C3.CCC(C)(C)C(=O)OC1(CC)C2CC3CC(C2)CC1C3.CCC(C)(C)C(=O)OC12CC3CC(CC(O)(C3)C1)C2.CCC(C)(C)C(=O)OC1C2CC3C(=O)OC1C3O2. The zero-order chi connectivity index (χ0) is 55.3. The molecule has 7 atom stereocenters. The smallest absolute Gasteiger partial charge is 0.312 e. The third-order valence-corrected chi connectivity index (χ3v) is 23.5. The Balaban J connectivity index is 0.000000543. The topological polar surface area (TPSA) is 161 Å². The average Bonchev–Trinajstić information content (AvgIpc) is 3.09. The Kier molecular flexibility index (Phi) is 26.8. The van der Waals surface area contributed by atoms with Crippen molar-refractivity contribution in [2.45, 2.75) is 344 Å². The summed E-state index contributed by atoms with van der Waals surface area (Å²) in [6.07, 6.45) is 22.6. The molecular weight excluding hydrogens is 1060 g/mol. The lowest BCUT2D eigenvalue weighted by Crippen LogP contribution is -2.61. The Labute approximate surface area is 516 Å². The van der Waals surface area contributed by atoms with Crippen molar-refractivity contribution >= 4 is 29.8 Å². The van der Waals surface area contributed by atoms with Gasteiger partial charge in [0, 0.05) is 6.42 Å². The number of carbonyl (C=O) groups excluding carboxylic acids is 5. The van der Waals surface area contributed by atoms with Crippen LogP contribution in [-0.2, 0) is 52.4 Å². The highest BCUT2D eigenvalue weighted by Gasteiger charge is 2.66. The molecule has 15 fully saturated rings. The van der Waals surface area contributed by atoms with Crippen molar-refractivity contribution in [1.82, 2.24) is 0 Å². The molecule has 3 saturated heterocycles. The average molecular weight is 1190 g/mol. The summed E-state index contributed by atoms with van der Waals surface area (Å²) in [5.74, 6) is 6.72. The van der Waals surface area contributed by atoms with Gasteiger partial charge in [-0.25, -0.2) is 0 Å². The Hall–Kier alpha value is -2.73. The molecule has 84 heavy (non-hydrogen) atoms. The van der Waals surface area contributed by atoms with Gasteiger partial charge in [-0.05, 0) is 256 Å². The molecule has 3 aliphatic heterocycles. The Morgan fingerprint density at radius 1 is 0.488 bits per heavy atom. The third-order valence-electron chi connectivity index (χ3n) is 23.5. The lowest BCUT2D eigenvalue weighted by Gasteiger charge is -2.60. The Morgan fingerprint density at radius 2 is 0.857 bits per heavy atom. The number of hydrogen-bond acceptors (Lipinski definition) is 12. The van der Waals surface area contributed by atoms with E-state index in [0.717, 1.165) is 75.0 Å². The highest BCUT2D eigenvalue weighted by molar-refractivity contribution is 5.79. The summed E-state index contributed by atoms with van der Waals surface area (Å²) < 4.78 is 34.8. The van der Waals surface area contributed by atoms with Gasteiger partial charge in [0.25, 0.3) is 0 Å². The molecule has 0 radical (unpaired) electrons. The van der Waals surface area contributed by atoms with E-state index in [1.807, 2.05) is 69.2 Å². The van der Waals surface area contributed by atoms with E-state index in [4.69, 9.17) is 28.4 Å². The molecular formula is C72H134O12. The maximum Gasteiger partial charge on any atom is 0.312 e. The molecule has 15 aliphatic rings. The second-order valence-electron chi connectivity index (χ2n) is 30.3. The van der Waals surface area contributed by atoms with E-state index in [0.29, 0.717) is 54.8 Å². The van der Waals surface area contributed by atoms with E-state index in [1.54, 1.807) is 0 Å². The van der Waals surface area contributed by atoms with Gasteiger partial charge in [0.1, 0.15) is 22.9 Å². The van der Waals surface area contributed by atoms with Gasteiger partial charge in [-0.15, -0.1) is 0 Å². The molecule has 12 saturated carbocycles. The van der Waals surface area contributed by atoms with Gasteiger partial charge in [0.05, 0.1) is 39.3 Å². The molecule has 12 aliphatic carbocycles. The predicted molar refractivity (Wildman–Crippen MR) is 343 cm³/mol. The lowest BCUT2D eigenvalue weighted by atomic mass is 9.49. The van der Waals surface area contributed by atoms with Crippen LogP contribution in [-0.4, -0.2) is 81.8 Å². The summed E-state index contributed by atoms with van der Waals surface area (Å²) in [5, 5.41) is 10.6. The third kappa shape index (κ3) is 14.8. The molecule has 1 N–H and O–H groups in total. The number of rotatable bonds is 13. The van der Waals surface area contributed by atoms with Gasteiger partial charge < -0.3 is 33.5 Å². The lowest BCUT2D eigenvalue weighted by molar-refractivity contribution is -0.225. The number of carbonyl (C=O) groups is 5. The van der Waals surface area contributed by atoms with Crippen LogP contribution in [0, 0.1) is 86.8 Å². The quantitative estimate of drug-likeness (QED) is 0.137. The molecule has 494 valence electrons. The number of fused-ring (bicyclic) bond motifs is 1. The molecule has 3 heterocycles. The standard InChI is InChI=1S/C18H30O2.C17H28O2.C16H26O3.C13H18O5.8CH4/c1-5-17(3,4)16(19)20-18(6-2)14-8-12-7-13(10-14)11-15(18)9-12;1-5-16(2,3)15(18)19-17(4)13-7-11-6-12(9-13)10-14(17)8-11;1-4-14(2,3)13(17)19-16-8-11-5-12(9-16)7-15(18,6-11)10-16;1-4-13(2,3)12(15)18-9-7-5-6-8(16-7)10(9)17-11(6)14;;;;;;;;/h12-15H,5-11H2,1-4H3;11-14H,5-10H2,1-4H3;11-12,18H,4-10H2,1-3H3;6-10H,4-5H2,1-3H3;8*1H4. The van der Waals surface area contributed by atoms with Crippen molar-refractivity contribution in [3.8, 4) is 0 Å². The zero-order valence-electron chi connectivity index (χ0n) is 49.7. The van der Waals surface area contributed by atoms with E-state index in [9.17, 15) is 29.1 Å². The monoisotopic (exact) mass is 1190 g/mol. The molecule has 7 unspecified atom stereocenters. The fourth-order valence-electron chi connectivity index (χ4n) is 17.6. The molecule has 0 aromatic rings. The number of ether oxygens (including phenoxy) is 6. The van der Waals surface area contributed by atoms with E-state index in [-0.39, 0.29) is 135 Å². The van der Waals surface area contributed by atoms with Crippen LogP contribution in [0.25, 0.3) is 0 Å². The number of aliphatic hydroxyl groups is 1. The van der Waals surface area contributed by atoms with Gasteiger partial charge in [-0.2, -0.15) is 0 Å². The fourth-order valence-corrected chi connectivity index (χ4v) is 17.6. The molecule has 15 rings (SSSR count). The van der Waals surface area contributed by atoms with Gasteiger partial charge in [0.2, 0.25) is 0 Å². The fraction of sp³-hybridized carbons (Fsp3) is 0.931. The van der Waals surface area contributed by atoms with Crippen LogP contribution in [0.15, 0.2) is 0 Å². The van der Waals surface area contributed by atoms with Crippen molar-refractivity contribution < 1.29 is 57.5 Å². The maximum atomic E-state index is 12.6. The summed E-state index contributed by atoms with van der Waals surface area (Å²) in [6.45, 7) is 28.2. The summed E-state index contributed by atoms with van der Waals surface area (Å²) in [5.41, 5.74) is -2.80. The number of hydrogen-bond donors (Lipinski definition) is 1. The summed E-state index contributed by atoms with van der Waals surface area (Å²) in [4.78, 5) is 61.1. The van der Waals surface area contributed by atoms with Crippen LogP contribution >= 0.6 is 0 Å². The van der Waals surface area contributed by atoms with Crippen LogP contribution in [0.4, 0.5) is 0 Å². The molecule has 12 nitrogen and oxygen atoms in total. The predicted octanol–water partition coefficient (Wildman–Crippen LogP) is 17.9. The van der Waals surface area contributed by atoms with Crippen LogP contribution in [0.5, 0.6) is 0 Å². The molecule has 14 bridgehead atoms. The van der Waals surface area contributed by atoms with Gasteiger partial charge >= 0.3 is 29.8 Å². The van der Waals surface area contributed by atoms with E-state index in [2.05, 4.69) is 27.7 Å². The highest BCUT2D eigenvalue weighted by Crippen LogP contribution is 2.63. The summed E-state index contributed by atoms with van der Waals surface area (Å²) in [7, 11) is 0. The summed E-state index contributed by atoms with van der Waals surface area (Å²) >= 11 is 0. The van der Waals surface area contributed by atoms with Gasteiger partial charge in [-0.3, -0.25) is 24.0 Å². The van der Waals surface area contributed by atoms with E-state index in [1.165, 1.54) is 70.6 Å². The van der Waals surface area contributed by atoms with Crippen LogP contribution < -0.4 is 0 Å². The first kappa shape index (κ1) is 79.3. The minimum absolute atomic E-state index is 0. The van der Waals surface area contributed by atoms with Crippen molar-refractivity contribution in [2.24, 2.45) is 86.8 Å². The van der Waals surface area contributed by atoms with E-state index >= 15 is 0 Å². The second-order valence-corrected chi connectivity index (χ2v) is 30.3. The molecule has 12 heteroatoms. The molecule has 0 aromatic heterocycles. The molecule has 0 amide bonds. The van der Waals surface area contributed by atoms with Crippen molar-refractivity contribution in [3.05, 3.63) is 0 Å². The first-order chi connectivity index (χ1) is 35.5. The van der Waals surface area contributed by atoms with Gasteiger partial charge in [-0.1, -0.05) is 94.0 Å². The Morgan fingerprint density at radius 3 is 1.25 bits per heavy atom. The van der Waals surface area contributed by atoms with Crippen molar-refractivity contribution in [3.63, 3.8) is 0 Å². The van der Waals surface area contributed by atoms with E-state index < -0.39 is 28.6 Å². The minimum Gasteiger partial charge on any atom is -0.459 e. The van der Waals surface area contributed by atoms with Crippen molar-refractivity contribution in [2.75, 3.05) is 0 Å². The highest BCUT2D eigenvalue weighted by atomic mass is 16.7.